The van der Waals surface area contributed by atoms with Crippen LogP contribution in [0, 0.1) is 24.0 Å². The van der Waals surface area contributed by atoms with E-state index in [9.17, 15) is 19.7 Å². The number of rotatable bonds is 9. The number of carbonyl (C=O) groups excluding carboxylic acids is 1. The summed E-state index contributed by atoms with van der Waals surface area (Å²) in [5, 5.41) is 12.5. The van der Waals surface area contributed by atoms with Gasteiger partial charge >= 0.3 is 5.97 Å². The first-order valence-electron chi connectivity index (χ1n) is 13.7. The standard InChI is InChI=1S/C31H29N5O7S2/c1-7-43-29(38)26-18(4)34-31-35(27(26)21-15-20(41-5)9-10-23(21)42-6)28(37)25(45-31)14-19-8-11-24(22(13-19)36(39)40)44-30-32-16(2)12-17(3)33-30/h8-15,27H,7H2,1-6H3/b25-14+/t27-/m1/s1. The maximum Gasteiger partial charge on any atom is 0.338 e. The molecule has 0 unspecified atom stereocenters. The number of nitrogens with zero attached hydrogens (tertiary/aromatic N) is 5. The van der Waals surface area contributed by atoms with Gasteiger partial charge in [-0.2, -0.15) is 0 Å². The molecule has 5 rings (SSSR count). The summed E-state index contributed by atoms with van der Waals surface area (Å²) in [6.07, 6.45) is 1.57. The molecule has 0 spiro atoms. The molecule has 0 N–H and O–H groups in total. The predicted octanol–water partition coefficient (Wildman–Crippen LogP) is 4.28. The number of carbonyl (C=O) groups is 1. The molecule has 12 nitrogen and oxygen atoms in total. The predicted molar refractivity (Wildman–Crippen MR) is 169 cm³/mol. The monoisotopic (exact) mass is 647 g/mol. The van der Waals surface area contributed by atoms with Gasteiger partial charge in [-0.3, -0.25) is 19.5 Å². The van der Waals surface area contributed by atoms with Crippen LogP contribution in [0.1, 0.15) is 42.4 Å². The highest BCUT2D eigenvalue weighted by Gasteiger charge is 2.35. The molecule has 0 radical (unpaired) electrons. The van der Waals surface area contributed by atoms with Crippen LogP contribution >= 0.6 is 23.1 Å². The molecule has 0 saturated heterocycles. The molecule has 0 saturated carbocycles. The smallest absolute Gasteiger partial charge is 0.338 e. The Hall–Kier alpha value is -4.82. The number of benzene rings is 2. The van der Waals surface area contributed by atoms with Gasteiger partial charge in [0, 0.05) is 23.0 Å². The fraction of sp³-hybridized carbons (Fsp3) is 0.258. The van der Waals surface area contributed by atoms with Crippen molar-refractivity contribution in [3.05, 3.63) is 106 Å². The lowest BCUT2D eigenvalue weighted by molar-refractivity contribution is -0.387. The van der Waals surface area contributed by atoms with Crippen LogP contribution in [0.15, 0.2) is 73.6 Å². The zero-order valence-electron chi connectivity index (χ0n) is 25.3. The summed E-state index contributed by atoms with van der Waals surface area (Å²) in [5.74, 6) is 0.324. The number of nitro benzene ring substituents is 1. The summed E-state index contributed by atoms with van der Waals surface area (Å²) in [5.41, 5.74) is 2.45. The number of aromatic nitrogens is 3. The summed E-state index contributed by atoms with van der Waals surface area (Å²) in [4.78, 5) is 53.0. The van der Waals surface area contributed by atoms with Gasteiger partial charge in [-0.1, -0.05) is 17.4 Å². The minimum absolute atomic E-state index is 0.130. The summed E-state index contributed by atoms with van der Waals surface area (Å²) in [6, 6.07) is 10.7. The van der Waals surface area contributed by atoms with Crippen molar-refractivity contribution in [1.82, 2.24) is 14.5 Å². The van der Waals surface area contributed by atoms with Crippen molar-refractivity contribution in [1.29, 1.82) is 0 Å². The zero-order chi connectivity index (χ0) is 32.4. The SMILES string of the molecule is CCOC(=O)C1=C(C)N=c2s/c(=C/c3ccc(Sc4nc(C)cc(C)n4)c([N+](=O)[O-])c3)c(=O)n2[C@@H]1c1cc(OC)ccc1OC. The van der Waals surface area contributed by atoms with E-state index < -0.39 is 22.5 Å². The third-order valence-electron chi connectivity index (χ3n) is 6.89. The summed E-state index contributed by atoms with van der Waals surface area (Å²) in [7, 11) is 3.01. The third kappa shape index (κ3) is 6.37. The van der Waals surface area contributed by atoms with E-state index in [1.54, 1.807) is 50.3 Å². The number of methoxy groups -OCH3 is 2. The lowest BCUT2D eigenvalue weighted by atomic mass is 9.94. The molecular formula is C31H29N5O7S2. The molecule has 1 atom stereocenters. The van der Waals surface area contributed by atoms with E-state index in [1.807, 2.05) is 19.9 Å². The summed E-state index contributed by atoms with van der Waals surface area (Å²) >= 11 is 2.20. The van der Waals surface area contributed by atoms with Crippen molar-refractivity contribution in [2.24, 2.45) is 4.99 Å². The maximum absolute atomic E-state index is 14.1. The molecule has 14 heteroatoms. The molecule has 4 aromatic rings. The third-order valence-corrected chi connectivity index (χ3v) is 8.80. The molecule has 232 valence electrons. The summed E-state index contributed by atoms with van der Waals surface area (Å²) in [6.45, 7) is 7.17. The highest BCUT2D eigenvalue weighted by atomic mass is 32.2. The van der Waals surface area contributed by atoms with Gasteiger partial charge in [-0.15, -0.1) is 0 Å². The molecule has 45 heavy (non-hydrogen) atoms. The van der Waals surface area contributed by atoms with Crippen molar-refractivity contribution >= 4 is 40.8 Å². The van der Waals surface area contributed by atoms with E-state index in [4.69, 9.17) is 14.2 Å². The number of thiazole rings is 1. The average molecular weight is 648 g/mol. The number of hydrogen-bond donors (Lipinski definition) is 0. The van der Waals surface area contributed by atoms with Gasteiger partial charge in [0.15, 0.2) is 9.96 Å². The van der Waals surface area contributed by atoms with E-state index in [-0.39, 0.29) is 22.4 Å². The average Bonchev–Trinajstić information content (AvgIpc) is 3.30. The second-order valence-corrected chi connectivity index (χ2v) is 11.9. The first-order valence-corrected chi connectivity index (χ1v) is 15.4. The topological polar surface area (TPSA) is 148 Å². The van der Waals surface area contributed by atoms with Gasteiger partial charge in [0.1, 0.15) is 17.5 Å². The number of hydrogen-bond acceptors (Lipinski definition) is 12. The Bertz CT molecular complexity index is 2030. The lowest BCUT2D eigenvalue weighted by Gasteiger charge is -2.26. The van der Waals surface area contributed by atoms with Crippen molar-refractivity contribution in [3.63, 3.8) is 0 Å². The molecule has 2 aromatic carbocycles. The molecule has 2 aromatic heterocycles. The second kappa shape index (κ2) is 13.0. The molecule has 0 aliphatic carbocycles. The number of nitro groups is 1. The fourth-order valence-corrected chi connectivity index (χ4v) is 6.98. The Labute approximate surface area is 265 Å². The summed E-state index contributed by atoms with van der Waals surface area (Å²) < 4.78 is 18.1. The molecule has 0 fully saturated rings. The highest BCUT2D eigenvalue weighted by molar-refractivity contribution is 7.99. The van der Waals surface area contributed by atoms with E-state index in [1.165, 1.54) is 24.9 Å². The van der Waals surface area contributed by atoms with E-state index in [2.05, 4.69) is 15.0 Å². The number of fused-ring (bicyclic) bond motifs is 1. The zero-order valence-corrected chi connectivity index (χ0v) is 26.9. The maximum atomic E-state index is 14.1. The molecular weight excluding hydrogens is 619 g/mol. The van der Waals surface area contributed by atoms with Crippen LogP contribution in [0.25, 0.3) is 6.08 Å². The van der Waals surface area contributed by atoms with Gasteiger partial charge in [-0.25, -0.2) is 19.8 Å². The Morgan fingerprint density at radius 3 is 2.47 bits per heavy atom. The normalized spacial score (nSPS) is 14.5. The van der Waals surface area contributed by atoms with Gasteiger partial charge in [0.25, 0.3) is 11.2 Å². The first kappa shape index (κ1) is 31.6. The Morgan fingerprint density at radius 2 is 1.82 bits per heavy atom. The van der Waals surface area contributed by atoms with Gasteiger partial charge in [0.05, 0.1) is 46.4 Å². The van der Waals surface area contributed by atoms with Crippen LogP contribution in [-0.2, 0) is 9.53 Å². The van der Waals surface area contributed by atoms with Crippen LogP contribution in [0.3, 0.4) is 0 Å². The van der Waals surface area contributed by atoms with Crippen molar-refractivity contribution in [2.75, 3.05) is 20.8 Å². The van der Waals surface area contributed by atoms with E-state index in [0.717, 1.165) is 34.5 Å². The Balaban J connectivity index is 1.66. The van der Waals surface area contributed by atoms with Crippen LogP contribution < -0.4 is 24.4 Å². The largest absolute Gasteiger partial charge is 0.497 e. The Morgan fingerprint density at radius 1 is 1.09 bits per heavy atom. The number of aryl methyl sites for hydroxylation is 2. The van der Waals surface area contributed by atoms with Crippen LogP contribution in [0.5, 0.6) is 11.5 Å². The van der Waals surface area contributed by atoms with Gasteiger partial charge in [-0.05, 0) is 81.4 Å². The molecule has 1 aliphatic rings. The minimum Gasteiger partial charge on any atom is -0.497 e. The van der Waals surface area contributed by atoms with Crippen molar-refractivity contribution < 1.29 is 23.9 Å². The number of ether oxygens (including phenoxy) is 3. The molecule has 3 heterocycles. The van der Waals surface area contributed by atoms with Gasteiger partial charge < -0.3 is 14.2 Å². The van der Waals surface area contributed by atoms with Gasteiger partial charge in [0.2, 0.25) is 0 Å². The quantitative estimate of drug-likeness (QED) is 0.112. The minimum atomic E-state index is -0.932. The van der Waals surface area contributed by atoms with E-state index >= 15 is 0 Å². The lowest BCUT2D eigenvalue weighted by Crippen LogP contribution is -2.40. The molecule has 1 aliphatic heterocycles. The van der Waals surface area contributed by atoms with Crippen molar-refractivity contribution in [2.45, 2.75) is 43.8 Å². The second-order valence-electron chi connectivity index (χ2n) is 9.93. The highest BCUT2D eigenvalue weighted by Crippen LogP contribution is 2.38. The van der Waals surface area contributed by atoms with Crippen LogP contribution in [0.4, 0.5) is 5.69 Å². The molecule has 0 bridgehead atoms. The van der Waals surface area contributed by atoms with Crippen LogP contribution in [0.2, 0.25) is 0 Å². The number of allylic oxidation sites excluding steroid dienone is 1. The first-order chi connectivity index (χ1) is 21.5. The Kier molecular flexibility index (Phi) is 9.16. The van der Waals surface area contributed by atoms with E-state index in [0.29, 0.717) is 43.2 Å². The van der Waals surface area contributed by atoms with Crippen LogP contribution in [-0.4, -0.2) is 46.3 Å². The van der Waals surface area contributed by atoms with Crippen molar-refractivity contribution in [3.8, 4) is 11.5 Å². The molecule has 0 amide bonds. The fourth-order valence-electron chi connectivity index (χ4n) is 4.98. The number of esters is 1.